The maximum Gasteiger partial charge on any atom is 0.251 e. The van der Waals surface area contributed by atoms with E-state index in [-0.39, 0.29) is 11.9 Å². The van der Waals surface area contributed by atoms with Crippen LogP contribution in [0, 0.1) is 0 Å². The van der Waals surface area contributed by atoms with Crippen molar-refractivity contribution in [3.63, 3.8) is 0 Å². The molecule has 0 unspecified atom stereocenters. The van der Waals surface area contributed by atoms with Crippen LogP contribution in [0.25, 0.3) is 5.69 Å². The molecule has 1 amide bonds. The van der Waals surface area contributed by atoms with Gasteiger partial charge in [-0.05, 0) is 50.2 Å². The number of carbonyl (C=O) groups is 1. The molecule has 4 rings (SSSR count). The van der Waals surface area contributed by atoms with Crippen LogP contribution < -0.4 is 5.32 Å². The molecule has 1 aromatic carbocycles. The maximum absolute atomic E-state index is 12.6. The minimum absolute atomic E-state index is 0.0483. The Balaban J connectivity index is 1.40. The van der Waals surface area contributed by atoms with Crippen molar-refractivity contribution in [2.24, 2.45) is 0 Å². The lowest BCUT2D eigenvalue weighted by atomic mass is 10.0. The molecule has 0 aliphatic carbocycles. The number of hydrogen-bond acceptors (Lipinski definition) is 5. The van der Waals surface area contributed by atoms with E-state index in [1.807, 2.05) is 24.3 Å². The van der Waals surface area contributed by atoms with E-state index in [4.69, 9.17) is 4.74 Å². The Bertz CT molecular complexity index is 695. The van der Waals surface area contributed by atoms with E-state index in [0.717, 1.165) is 18.8 Å². The summed E-state index contributed by atoms with van der Waals surface area (Å²) in [5, 5.41) is 10.7. The summed E-state index contributed by atoms with van der Waals surface area (Å²) in [4.78, 5) is 15.1. The molecule has 25 heavy (non-hydrogen) atoms. The first-order valence-electron chi connectivity index (χ1n) is 8.89. The summed E-state index contributed by atoms with van der Waals surface area (Å²) in [6, 6.07) is 7.80. The molecule has 2 aromatic rings. The summed E-state index contributed by atoms with van der Waals surface area (Å²) in [6.45, 7) is 3.51. The summed E-state index contributed by atoms with van der Waals surface area (Å²) in [7, 11) is 0. The van der Waals surface area contributed by atoms with Gasteiger partial charge in [-0.1, -0.05) is 6.42 Å². The van der Waals surface area contributed by atoms with E-state index < -0.39 is 0 Å². The Labute approximate surface area is 147 Å². The lowest BCUT2D eigenvalue weighted by molar-refractivity contribution is 0.0900. The first-order chi connectivity index (χ1) is 12.3. The number of piperidine rings is 1. The fraction of sp³-hybridized carbons (Fsp3) is 0.500. The Morgan fingerprint density at radius 3 is 2.48 bits per heavy atom. The van der Waals surface area contributed by atoms with Gasteiger partial charge in [-0.15, -0.1) is 10.2 Å². The molecule has 7 nitrogen and oxygen atoms in total. The van der Waals surface area contributed by atoms with Crippen molar-refractivity contribution in [2.75, 3.05) is 26.3 Å². The van der Waals surface area contributed by atoms with Gasteiger partial charge >= 0.3 is 0 Å². The smallest absolute Gasteiger partial charge is 0.251 e. The number of rotatable bonds is 4. The second kappa shape index (κ2) is 7.33. The SMILES string of the molecule is O=C(N[C@H]1COC[C@@H]1N1CCCCC1)c1ccc(-n2cnnc2)cc1. The summed E-state index contributed by atoms with van der Waals surface area (Å²) in [5.41, 5.74) is 1.58. The molecule has 0 radical (unpaired) electrons. The van der Waals surface area contributed by atoms with E-state index in [0.29, 0.717) is 24.8 Å². The van der Waals surface area contributed by atoms with Gasteiger partial charge < -0.3 is 10.1 Å². The summed E-state index contributed by atoms with van der Waals surface area (Å²) in [5.74, 6) is -0.0483. The number of likely N-dealkylation sites (tertiary alicyclic amines) is 1. The Morgan fingerprint density at radius 2 is 1.76 bits per heavy atom. The zero-order valence-electron chi connectivity index (χ0n) is 14.2. The maximum atomic E-state index is 12.6. The van der Waals surface area contributed by atoms with Crippen LogP contribution in [0.5, 0.6) is 0 Å². The molecule has 0 bridgehead atoms. The fourth-order valence-electron chi connectivity index (χ4n) is 3.66. The van der Waals surface area contributed by atoms with E-state index in [2.05, 4.69) is 20.4 Å². The molecule has 0 spiro atoms. The van der Waals surface area contributed by atoms with Gasteiger partial charge in [-0.25, -0.2) is 0 Å². The van der Waals surface area contributed by atoms with Gasteiger partial charge in [-0.3, -0.25) is 14.3 Å². The molecule has 3 heterocycles. The van der Waals surface area contributed by atoms with Crippen molar-refractivity contribution in [3.8, 4) is 5.69 Å². The van der Waals surface area contributed by atoms with Gasteiger partial charge in [0.05, 0.1) is 25.3 Å². The number of ether oxygens (including phenoxy) is 1. The second-order valence-corrected chi connectivity index (χ2v) is 6.70. The minimum atomic E-state index is -0.0483. The normalized spacial score (nSPS) is 24.3. The zero-order valence-corrected chi connectivity index (χ0v) is 14.2. The fourth-order valence-corrected chi connectivity index (χ4v) is 3.66. The van der Waals surface area contributed by atoms with Gasteiger partial charge in [0.15, 0.2) is 0 Å². The molecule has 1 aromatic heterocycles. The lowest BCUT2D eigenvalue weighted by Gasteiger charge is -2.34. The Morgan fingerprint density at radius 1 is 1.04 bits per heavy atom. The highest BCUT2D eigenvalue weighted by Crippen LogP contribution is 2.19. The Kier molecular flexibility index (Phi) is 4.76. The number of hydrogen-bond donors (Lipinski definition) is 1. The van der Waals surface area contributed by atoms with Crippen LogP contribution in [0.3, 0.4) is 0 Å². The number of carbonyl (C=O) groups excluding carboxylic acids is 1. The molecule has 7 heteroatoms. The van der Waals surface area contributed by atoms with Crippen LogP contribution in [-0.4, -0.2) is 64.0 Å². The van der Waals surface area contributed by atoms with Crippen molar-refractivity contribution in [2.45, 2.75) is 31.3 Å². The number of nitrogens with one attached hydrogen (secondary N) is 1. The molecule has 2 fully saturated rings. The van der Waals surface area contributed by atoms with Crippen LogP contribution >= 0.6 is 0 Å². The average Bonchev–Trinajstić information content (AvgIpc) is 3.35. The highest BCUT2D eigenvalue weighted by atomic mass is 16.5. The highest BCUT2D eigenvalue weighted by Gasteiger charge is 2.34. The third-order valence-electron chi connectivity index (χ3n) is 5.07. The van der Waals surface area contributed by atoms with E-state index in [9.17, 15) is 4.79 Å². The van der Waals surface area contributed by atoms with Gasteiger partial charge in [-0.2, -0.15) is 0 Å². The van der Waals surface area contributed by atoms with Crippen molar-refractivity contribution >= 4 is 5.91 Å². The predicted octanol–water partition coefficient (Wildman–Crippen LogP) is 1.25. The van der Waals surface area contributed by atoms with Gasteiger partial charge in [0.1, 0.15) is 12.7 Å². The van der Waals surface area contributed by atoms with Crippen LogP contribution in [0.15, 0.2) is 36.9 Å². The van der Waals surface area contributed by atoms with Gasteiger partial charge in [0.2, 0.25) is 0 Å². The van der Waals surface area contributed by atoms with Gasteiger partial charge in [0.25, 0.3) is 5.91 Å². The van der Waals surface area contributed by atoms with Crippen molar-refractivity contribution < 1.29 is 9.53 Å². The van der Waals surface area contributed by atoms with Crippen molar-refractivity contribution in [3.05, 3.63) is 42.5 Å². The molecule has 132 valence electrons. The first kappa shape index (κ1) is 16.2. The zero-order chi connectivity index (χ0) is 17.1. The van der Waals surface area contributed by atoms with Crippen LogP contribution in [0.4, 0.5) is 0 Å². The van der Waals surface area contributed by atoms with Crippen molar-refractivity contribution in [1.29, 1.82) is 0 Å². The van der Waals surface area contributed by atoms with E-state index in [1.165, 1.54) is 19.3 Å². The molecule has 2 aliphatic rings. The third kappa shape index (κ3) is 3.57. The van der Waals surface area contributed by atoms with Crippen LogP contribution in [-0.2, 0) is 4.74 Å². The largest absolute Gasteiger partial charge is 0.378 e. The van der Waals surface area contributed by atoms with Crippen molar-refractivity contribution in [1.82, 2.24) is 25.0 Å². The monoisotopic (exact) mass is 341 g/mol. The highest BCUT2D eigenvalue weighted by molar-refractivity contribution is 5.94. The minimum Gasteiger partial charge on any atom is -0.378 e. The van der Waals surface area contributed by atoms with Crippen LogP contribution in [0.2, 0.25) is 0 Å². The summed E-state index contributed by atoms with van der Waals surface area (Å²) < 4.78 is 7.46. The molecule has 0 saturated carbocycles. The molecule has 2 aliphatic heterocycles. The first-order valence-corrected chi connectivity index (χ1v) is 8.89. The molecule has 2 atom stereocenters. The molecular weight excluding hydrogens is 318 g/mol. The average molecular weight is 341 g/mol. The number of aromatic nitrogens is 3. The third-order valence-corrected chi connectivity index (χ3v) is 5.07. The molecular formula is C18H23N5O2. The van der Waals surface area contributed by atoms with E-state index >= 15 is 0 Å². The summed E-state index contributed by atoms with van der Waals surface area (Å²) >= 11 is 0. The number of nitrogens with zero attached hydrogens (tertiary/aromatic N) is 4. The van der Waals surface area contributed by atoms with Crippen LogP contribution in [0.1, 0.15) is 29.6 Å². The topological polar surface area (TPSA) is 72.3 Å². The number of amides is 1. The second-order valence-electron chi connectivity index (χ2n) is 6.70. The predicted molar refractivity (Wildman–Crippen MR) is 92.6 cm³/mol. The van der Waals surface area contributed by atoms with Gasteiger partial charge in [0, 0.05) is 11.3 Å². The van der Waals surface area contributed by atoms with E-state index in [1.54, 1.807) is 17.2 Å². The summed E-state index contributed by atoms with van der Waals surface area (Å²) in [6.07, 6.45) is 7.05. The molecule has 2 saturated heterocycles. The lowest BCUT2D eigenvalue weighted by Crippen LogP contribution is -2.52. The molecule has 1 N–H and O–H groups in total. The Hall–Kier alpha value is -2.25. The standard InChI is InChI=1S/C18H23N5O2/c24-18(14-4-6-15(7-5-14)23-12-19-20-13-23)21-16-10-25-11-17(16)22-8-2-1-3-9-22/h4-7,12-13,16-17H,1-3,8-11H2,(H,21,24)/t16-,17-/m0/s1. The quantitative estimate of drug-likeness (QED) is 0.906. The number of benzene rings is 1.